The summed E-state index contributed by atoms with van der Waals surface area (Å²) in [4.78, 5) is 7.22. The van der Waals surface area contributed by atoms with Gasteiger partial charge in [0.2, 0.25) is 10.0 Å². The standard InChI is InChI=1S/C18H17N5O3S/c19-10-12-1-3-14-16(9-12)22-18(24)17(14)15-4-2-13(11-21-15)27(25,26)23-7-5-20-6-8-23/h1-4,9,11,20,22,24H,5-8H2. The van der Waals surface area contributed by atoms with Crippen molar-refractivity contribution in [1.29, 1.82) is 5.26 Å². The number of hydrogen-bond acceptors (Lipinski definition) is 6. The Morgan fingerprint density at radius 3 is 2.63 bits per heavy atom. The molecule has 0 aliphatic carbocycles. The summed E-state index contributed by atoms with van der Waals surface area (Å²) in [5.74, 6) is -0.0784. The molecule has 3 aromatic rings. The van der Waals surface area contributed by atoms with Crippen molar-refractivity contribution < 1.29 is 13.5 Å². The first-order valence-electron chi connectivity index (χ1n) is 8.43. The fourth-order valence-electron chi connectivity index (χ4n) is 3.23. The number of aromatic nitrogens is 2. The second kappa shape index (κ2) is 6.66. The zero-order valence-electron chi connectivity index (χ0n) is 14.3. The fraction of sp³-hybridized carbons (Fsp3) is 0.222. The molecule has 9 heteroatoms. The highest BCUT2D eigenvalue weighted by Gasteiger charge is 2.26. The van der Waals surface area contributed by atoms with Gasteiger partial charge in [-0.15, -0.1) is 0 Å². The molecule has 0 unspecified atom stereocenters. The zero-order chi connectivity index (χ0) is 19.0. The number of nitrogens with zero attached hydrogens (tertiary/aromatic N) is 3. The summed E-state index contributed by atoms with van der Waals surface area (Å²) in [7, 11) is -3.58. The van der Waals surface area contributed by atoms with Gasteiger partial charge in [-0.25, -0.2) is 8.42 Å². The molecule has 0 radical (unpaired) electrons. The third-order valence-electron chi connectivity index (χ3n) is 4.61. The molecule has 1 aromatic carbocycles. The minimum atomic E-state index is -3.58. The van der Waals surface area contributed by atoms with Crippen molar-refractivity contribution in [3.63, 3.8) is 0 Å². The number of H-pyrrole nitrogens is 1. The van der Waals surface area contributed by atoms with E-state index in [1.54, 1.807) is 24.3 Å². The summed E-state index contributed by atoms with van der Waals surface area (Å²) in [5.41, 5.74) is 2.00. The largest absolute Gasteiger partial charge is 0.494 e. The monoisotopic (exact) mass is 383 g/mol. The number of benzene rings is 1. The van der Waals surface area contributed by atoms with E-state index in [1.165, 1.54) is 16.6 Å². The second-order valence-electron chi connectivity index (χ2n) is 6.25. The number of sulfonamides is 1. The molecular weight excluding hydrogens is 366 g/mol. The van der Waals surface area contributed by atoms with Crippen LogP contribution in [0.5, 0.6) is 5.88 Å². The third kappa shape index (κ3) is 3.04. The Morgan fingerprint density at radius 2 is 1.96 bits per heavy atom. The minimum absolute atomic E-state index is 0.0784. The average Bonchev–Trinajstić information content (AvgIpc) is 3.03. The molecule has 3 heterocycles. The molecule has 0 bridgehead atoms. The Labute approximate surface area is 156 Å². The molecule has 1 aliphatic rings. The quantitative estimate of drug-likeness (QED) is 0.628. The molecule has 27 heavy (non-hydrogen) atoms. The maximum Gasteiger partial charge on any atom is 0.244 e. The molecule has 0 atom stereocenters. The van der Waals surface area contributed by atoms with Gasteiger partial charge in [0.25, 0.3) is 0 Å². The van der Waals surface area contributed by atoms with E-state index in [1.807, 2.05) is 6.07 Å². The predicted molar refractivity (Wildman–Crippen MR) is 99.5 cm³/mol. The molecule has 3 N–H and O–H groups in total. The highest BCUT2D eigenvalue weighted by atomic mass is 32.2. The topological polar surface area (TPSA) is 122 Å². The Balaban J connectivity index is 1.72. The molecule has 0 amide bonds. The van der Waals surface area contributed by atoms with Crippen molar-refractivity contribution in [1.82, 2.24) is 19.6 Å². The Hall–Kier alpha value is -2.93. The van der Waals surface area contributed by atoms with E-state index in [2.05, 4.69) is 15.3 Å². The van der Waals surface area contributed by atoms with Gasteiger partial charge in [0, 0.05) is 37.8 Å². The normalized spacial score (nSPS) is 15.7. The molecule has 0 saturated carbocycles. The van der Waals surface area contributed by atoms with Crippen LogP contribution in [0.3, 0.4) is 0 Å². The van der Waals surface area contributed by atoms with Crippen molar-refractivity contribution >= 4 is 20.9 Å². The first-order valence-corrected chi connectivity index (χ1v) is 9.87. The summed E-state index contributed by atoms with van der Waals surface area (Å²) in [5, 5.41) is 23.1. The molecule has 1 aliphatic heterocycles. The lowest BCUT2D eigenvalue weighted by atomic mass is 10.1. The fourth-order valence-corrected chi connectivity index (χ4v) is 4.61. The van der Waals surface area contributed by atoms with Crippen LogP contribution in [0.1, 0.15) is 5.56 Å². The number of aromatic hydroxyl groups is 1. The molecule has 1 fully saturated rings. The number of fused-ring (bicyclic) bond motifs is 1. The van der Waals surface area contributed by atoms with E-state index < -0.39 is 10.0 Å². The SMILES string of the molecule is N#Cc1ccc2c(-c3ccc(S(=O)(=O)N4CCNCC4)cn3)c(O)[nH]c2c1. The van der Waals surface area contributed by atoms with Gasteiger partial charge in [0.15, 0.2) is 5.88 Å². The molecule has 2 aromatic heterocycles. The van der Waals surface area contributed by atoms with Crippen LogP contribution in [0.2, 0.25) is 0 Å². The zero-order valence-corrected chi connectivity index (χ0v) is 15.1. The molecule has 1 saturated heterocycles. The number of hydrogen-bond donors (Lipinski definition) is 3. The average molecular weight is 383 g/mol. The van der Waals surface area contributed by atoms with E-state index in [-0.39, 0.29) is 10.8 Å². The Kier molecular flexibility index (Phi) is 4.31. The lowest BCUT2D eigenvalue weighted by Gasteiger charge is -2.26. The van der Waals surface area contributed by atoms with E-state index in [4.69, 9.17) is 5.26 Å². The first-order chi connectivity index (χ1) is 13.0. The maximum absolute atomic E-state index is 12.7. The molecule has 138 valence electrons. The Morgan fingerprint density at radius 1 is 1.19 bits per heavy atom. The Bertz CT molecular complexity index is 1140. The first kappa shape index (κ1) is 17.5. The van der Waals surface area contributed by atoms with E-state index >= 15 is 0 Å². The highest BCUT2D eigenvalue weighted by Crippen LogP contribution is 2.36. The van der Waals surface area contributed by atoms with Gasteiger partial charge in [-0.05, 0) is 24.3 Å². The van der Waals surface area contributed by atoms with Crippen molar-refractivity contribution in [2.45, 2.75) is 4.90 Å². The van der Waals surface area contributed by atoms with Crippen molar-refractivity contribution in [3.05, 3.63) is 42.1 Å². The second-order valence-corrected chi connectivity index (χ2v) is 8.19. The molecule has 0 spiro atoms. The number of piperazine rings is 1. The summed E-state index contributed by atoms with van der Waals surface area (Å²) in [6.45, 7) is 2.10. The van der Waals surface area contributed by atoms with Crippen LogP contribution in [-0.4, -0.2) is 54.0 Å². The van der Waals surface area contributed by atoms with Crippen LogP contribution in [0.4, 0.5) is 0 Å². The summed E-state index contributed by atoms with van der Waals surface area (Å²) in [6, 6.07) is 10.2. The molecule has 4 rings (SSSR count). The highest BCUT2D eigenvalue weighted by molar-refractivity contribution is 7.89. The van der Waals surface area contributed by atoms with Crippen molar-refractivity contribution in [2.24, 2.45) is 0 Å². The molecular formula is C18H17N5O3S. The number of aromatic amines is 1. The van der Waals surface area contributed by atoms with E-state index in [0.29, 0.717) is 53.9 Å². The van der Waals surface area contributed by atoms with E-state index in [9.17, 15) is 13.5 Å². The summed E-state index contributed by atoms with van der Waals surface area (Å²) < 4.78 is 26.9. The van der Waals surface area contributed by atoms with Crippen molar-refractivity contribution in [3.8, 4) is 23.2 Å². The van der Waals surface area contributed by atoms with Gasteiger partial charge in [-0.1, -0.05) is 6.07 Å². The van der Waals surface area contributed by atoms with E-state index in [0.717, 1.165) is 0 Å². The maximum atomic E-state index is 12.7. The van der Waals surface area contributed by atoms with Gasteiger partial charge in [0.05, 0.1) is 28.4 Å². The summed E-state index contributed by atoms with van der Waals surface area (Å²) in [6.07, 6.45) is 1.31. The van der Waals surface area contributed by atoms with Gasteiger partial charge in [0.1, 0.15) is 4.90 Å². The lowest BCUT2D eigenvalue weighted by molar-refractivity contribution is 0.360. The van der Waals surface area contributed by atoms with Crippen molar-refractivity contribution in [2.75, 3.05) is 26.2 Å². The number of pyridine rings is 1. The van der Waals surface area contributed by atoms with Gasteiger partial charge in [-0.2, -0.15) is 9.57 Å². The lowest BCUT2D eigenvalue weighted by Crippen LogP contribution is -2.46. The van der Waals surface area contributed by atoms with Crippen LogP contribution >= 0.6 is 0 Å². The number of nitriles is 1. The van der Waals surface area contributed by atoms with Gasteiger partial charge >= 0.3 is 0 Å². The number of rotatable bonds is 3. The predicted octanol–water partition coefficient (Wildman–Crippen LogP) is 1.40. The number of nitrogens with one attached hydrogen (secondary N) is 2. The smallest absolute Gasteiger partial charge is 0.244 e. The van der Waals surface area contributed by atoms with Gasteiger partial charge in [-0.3, -0.25) is 4.98 Å². The molecule has 8 nitrogen and oxygen atoms in total. The summed E-state index contributed by atoms with van der Waals surface area (Å²) >= 11 is 0. The van der Waals surface area contributed by atoms with Crippen LogP contribution in [0.25, 0.3) is 22.2 Å². The van der Waals surface area contributed by atoms with Gasteiger partial charge < -0.3 is 15.4 Å². The van der Waals surface area contributed by atoms with Crippen LogP contribution in [-0.2, 0) is 10.0 Å². The van der Waals surface area contributed by atoms with Crippen LogP contribution in [0.15, 0.2) is 41.4 Å². The van der Waals surface area contributed by atoms with Crippen LogP contribution in [0, 0.1) is 11.3 Å². The minimum Gasteiger partial charge on any atom is -0.494 e. The third-order valence-corrected chi connectivity index (χ3v) is 6.50. The van der Waals surface area contributed by atoms with Crippen LogP contribution < -0.4 is 5.32 Å².